The predicted octanol–water partition coefficient (Wildman–Crippen LogP) is 1.99. The van der Waals surface area contributed by atoms with Crippen LogP contribution in [0.4, 0.5) is 0 Å². The Hall–Kier alpha value is -0.120. The van der Waals surface area contributed by atoms with Crippen molar-refractivity contribution in [2.24, 2.45) is 4.99 Å². The maximum Gasteiger partial charge on any atom is 0.193 e. The van der Waals surface area contributed by atoms with Crippen molar-refractivity contribution in [3.05, 3.63) is 0 Å². The molecular formula is C20H38IN5O. The van der Waals surface area contributed by atoms with Crippen molar-refractivity contribution in [3.8, 4) is 0 Å². The summed E-state index contributed by atoms with van der Waals surface area (Å²) in [6, 6.07) is 0.728. The van der Waals surface area contributed by atoms with Gasteiger partial charge in [-0.3, -0.25) is 14.8 Å². The van der Waals surface area contributed by atoms with Crippen LogP contribution in [0, 0.1) is 0 Å². The van der Waals surface area contributed by atoms with Crippen LogP contribution in [0.25, 0.3) is 0 Å². The first-order chi connectivity index (χ1) is 12.8. The molecule has 0 aromatic carbocycles. The van der Waals surface area contributed by atoms with Gasteiger partial charge in [-0.15, -0.1) is 24.0 Å². The molecule has 0 radical (unpaired) electrons. The van der Waals surface area contributed by atoms with Crippen molar-refractivity contribution in [2.45, 2.75) is 56.5 Å². The summed E-state index contributed by atoms with van der Waals surface area (Å²) in [5.41, 5.74) is 0.263. The summed E-state index contributed by atoms with van der Waals surface area (Å²) in [6.45, 7) is 10.2. The second-order valence-electron chi connectivity index (χ2n) is 8.56. The minimum Gasteiger partial charge on any atom is -0.381 e. The van der Waals surface area contributed by atoms with Crippen molar-refractivity contribution >= 4 is 29.9 Å². The lowest BCUT2D eigenvalue weighted by molar-refractivity contribution is -0.0166. The molecule has 4 saturated heterocycles. The second kappa shape index (κ2) is 10.1. The quantitative estimate of drug-likeness (QED) is 0.370. The Bertz CT molecular complexity index is 485. The molecular weight excluding hydrogens is 453 g/mol. The van der Waals surface area contributed by atoms with Crippen molar-refractivity contribution in [1.29, 1.82) is 0 Å². The van der Waals surface area contributed by atoms with Gasteiger partial charge < -0.3 is 15.0 Å². The molecule has 0 amide bonds. The number of likely N-dealkylation sites (tertiary alicyclic amines) is 3. The Labute approximate surface area is 182 Å². The molecule has 0 bridgehead atoms. The molecule has 0 aromatic heterocycles. The van der Waals surface area contributed by atoms with Crippen LogP contribution in [-0.2, 0) is 4.74 Å². The zero-order valence-electron chi connectivity index (χ0n) is 17.0. The highest BCUT2D eigenvalue weighted by Gasteiger charge is 2.40. The molecule has 4 fully saturated rings. The zero-order chi connectivity index (χ0) is 17.8. The number of ether oxygens (including phenoxy) is 1. The molecule has 1 unspecified atom stereocenters. The molecule has 27 heavy (non-hydrogen) atoms. The molecule has 156 valence electrons. The number of halogens is 1. The molecule has 0 aliphatic carbocycles. The molecule has 0 spiro atoms. The number of hydrogen-bond donors (Lipinski definition) is 1. The van der Waals surface area contributed by atoms with Crippen LogP contribution in [0.2, 0.25) is 0 Å². The number of hydrogen-bond acceptors (Lipinski definition) is 4. The largest absolute Gasteiger partial charge is 0.381 e. The molecule has 4 heterocycles. The topological polar surface area (TPSA) is 43.3 Å². The Morgan fingerprint density at radius 2 is 1.70 bits per heavy atom. The standard InChI is InChI=1S/C20H37N5O.HI/c1-21-19(24-13-6-18(16-24)23-9-2-3-10-23)22-17-20(7-14-26-15-8-20)25-11-4-5-12-25;/h18H,2-17H2,1H3,(H,21,22);1H. The van der Waals surface area contributed by atoms with Crippen LogP contribution in [0.1, 0.15) is 44.9 Å². The van der Waals surface area contributed by atoms with E-state index in [2.05, 4.69) is 25.0 Å². The maximum absolute atomic E-state index is 5.69. The van der Waals surface area contributed by atoms with Gasteiger partial charge >= 0.3 is 0 Å². The Morgan fingerprint density at radius 3 is 2.37 bits per heavy atom. The van der Waals surface area contributed by atoms with Crippen LogP contribution in [0.5, 0.6) is 0 Å². The van der Waals surface area contributed by atoms with E-state index in [-0.39, 0.29) is 29.5 Å². The Balaban J connectivity index is 0.00000210. The van der Waals surface area contributed by atoms with Crippen LogP contribution in [0.15, 0.2) is 4.99 Å². The minimum atomic E-state index is 0. The van der Waals surface area contributed by atoms with Gasteiger partial charge in [-0.05, 0) is 71.1 Å². The lowest BCUT2D eigenvalue weighted by Gasteiger charge is -2.45. The summed E-state index contributed by atoms with van der Waals surface area (Å²) < 4.78 is 5.69. The van der Waals surface area contributed by atoms with E-state index in [1.165, 1.54) is 58.3 Å². The van der Waals surface area contributed by atoms with E-state index in [9.17, 15) is 0 Å². The third-order valence-electron chi connectivity index (χ3n) is 7.11. The van der Waals surface area contributed by atoms with Crippen LogP contribution >= 0.6 is 24.0 Å². The number of rotatable bonds is 4. The molecule has 4 aliphatic heterocycles. The Morgan fingerprint density at radius 1 is 1.04 bits per heavy atom. The van der Waals surface area contributed by atoms with Crippen LogP contribution < -0.4 is 5.32 Å². The number of aliphatic imine (C=N–C) groups is 1. The third kappa shape index (κ3) is 4.90. The van der Waals surface area contributed by atoms with E-state index in [1.807, 2.05) is 7.05 Å². The average Bonchev–Trinajstić information content (AvgIpc) is 3.44. The summed E-state index contributed by atoms with van der Waals surface area (Å²) in [6.07, 6.45) is 9.03. The number of guanidine groups is 1. The van der Waals surface area contributed by atoms with Gasteiger partial charge in [0.2, 0.25) is 0 Å². The SMILES string of the molecule is CN=C(NCC1(N2CCCC2)CCOCC1)N1CCC(N2CCCC2)C1.I. The third-order valence-corrected chi connectivity index (χ3v) is 7.11. The fourth-order valence-corrected chi connectivity index (χ4v) is 5.46. The van der Waals surface area contributed by atoms with Crippen molar-refractivity contribution < 1.29 is 4.74 Å². The summed E-state index contributed by atoms with van der Waals surface area (Å²) >= 11 is 0. The van der Waals surface area contributed by atoms with Gasteiger partial charge in [0.25, 0.3) is 0 Å². The van der Waals surface area contributed by atoms with E-state index in [1.54, 1.807) is 0 Å². The summed E-state index contributed by atoms with van der Waals surface area (Å²) in [7, 11) is 1.94. The molecule has 1 N–H and O–H groups in total. The van der Waals surface area contributed by atoms with Gasteiger partial charge in [-0.1, -0.05) is 0 Å². The fraction of sp³-hybridized carbons (Fsp3) is 0.950. The molecule has 0 aromatic rings. The maximum atomic E-state index is 5.69. The first-order valence-electron chi connectivity index (χ1n) is 10.8. The molecule has 4 rings (SSSR count). The molecule has 6 nitrogen and oxygen atoms in total. The van der Waals surface area contributed by atoms with E-state index >= 15 is 0 Å². The van der Waals surface area contributed by atoms with Gasteiger partial charge in [0.15, 0.2) is 5.96 Å². The van der Waals surface area contributed by atoms with Crippen molar-refractivity contribution in [2.75, 3.05) is 66.1 Å². The van der Waals surface area contributed by atoms with Crippen molar-refractivity contribution in [3.63, 3.8) is 0 Å². The first-order valence-corrected chi connectivity index (χ1v) is 10.8. The highest BCUT2D eigenvalue weighted by molar-refractivity contribution is 14.0. The highest BCUT2D eigenvalue weighted by atomic mass is 127. The minimum absolute atomic E-state index is 0. The second-order valence-corrected chi connectivity index (χ2v) is 8.56. The van der Waals surface area contributed by atoms with Gasteiger partial charge in [-0.2, -0.15) is 0 Å². The van der Waals surface area contributed by atoms with E-state index in [0.717, 1.165) is 57.7 Å². The molecule has 0 saturated carbocycles. The van der Waals surface area contributed by atoms with E-state index in [4.69, 9.17) is 4.74 Å². The lowest BCUT2D eigenvalue weighted by Crippen LogP contribution is -2.58. The normalized spacial score (nSPS) is 29.9. The van der Waals surface area contributed by atoms with Crippen LogP contribution in [0.3, 0.4) is 0 Å². The lowest BCUT2D eigenvalue weighted by atomic mass is 9.88. The zero-order valence-corrected chi connectivity index (χ0v) is 19.3. The number of nitrogens with one attached hydrogen (secondary N) is 1. The first kappa shape index (κ1) is 21.6. The van der Waals surface area contributed by atoms with E-state index < -0.39 is 0 Å². The Kier molecular flexibility index (Phi) is 8.05. The van der Waals surface area contributed by atoms with E-state index in [0.29, 0.717) is 0 Å². The van der Waals surface area contributed by atoms with Gasteiger partial charge in [0.05, 0.1) is 0 Å². The number of nitrogens with zero attached hydrogens (tertiary/aromatic N) is 4. The summed E-state index contributed by atoms with van der Waals surface area (Å²) in [5.74, 6) is 1.11. The van der Waals surface area contributed by atoms with Gasteiger partial charge in [-0.25, -0.2) is 0 Å². The van der Waals surface area contributed by atoms with Crippen molar-refractivity contribution in [1.82, 2.24) is 20.0 Å². The smallest absolute Gasteiger partial charge is 0.193 e. The summed E-state index contributed by atoms with van der Waals surface area (Å²) in [5, 5.41) is 3.77. The monoisotopic (exact) mass is 491 g/mol. The average molecular weight is 491 g/mol. The predicted molar refractivity (Wildman–Crippen MR) is 121 cm³/mol. The van der Waals surface area contributed by atoms with Crippen LogP contribution in [-0.4, -0.2) is 98.3 Å². The molecule has 4 aliphatic rings. The highest BCUT2D eigenvalue weighted by Crippen LogP contribution is 2.31. The summed E-state index contributed by atoms with van der Waals surface area (Å²) in [4.78, 5) is 12.5. The molecule has 7 heteroatoms. The molecule has 1 atom stereocenters. The van der Waals surface area contributed by atoms with Gasteiger partial charge in [0.1, 0.15) is 0 Å². The van der Waals surface area contributed by atoms with Gasteiger partial charge in [0, 0.05) is 51.5 Å². The fourth-order valence-electron chi connectivity index (χ4n) is 5.46.